The van der Waals surface area contributed by atoms with Crippen LogP contribution in [0.15, 0.2) is 0 Å². The summed E-state index contributed by atoms with van der Waals surface area (Å²) in [4.78, 5) is 9.30. The zero-order valence-electron chi connectivity index (χ0n) is 3.53. The van der Waals surface area contributed by atoms with E-state index in [4.69, 9.17) is 0 Å². The van der Waals surface area contributed by atoms with Crippen molar-refractivity contribution in [1.82, 2.24) is 0 Å². The van der Waals surface area contributed by atoms with Crippen molar-refractivity contribution in [1.29, 1.82) is 0 Å². The standard InChI is InChI=1S/C5H6O/c1-2-3-4-5-6/h1-3H2. The molecule has 0 aliphatic carbocycles. The highest BCUT2D eigenvalue weighted by Gasteiger charge is 1.67. The Bertz CT molecular complexity index is 60.3. The largest absolute Gasteiger partial charge is 0.233 e. The predicted molar refractivity (Wildman–Crippen MR) is 23.5 cm³/mol. The highest BCUT2D eigenvalue weighted by molar-refractivity contribution is 5.40. The fourth-order valence-electron chi connectivity index (χ4n) is 0.139. The minimum atomic E-state index is 0.628. The summed E-state index contributed by atoms with van der Waals surface area (Å²) in [6, 6.07) is 0. The molecule has 32 valence electrons. The van der Waals surface area contributed by atoms with E-state index in [9.17, 15) is 4.79 Å². The molecule has 0 aromatic heterocycles. The maximum absolute atomic E-state index is 9.30. The van der Waals surface area contributed by atoms with Crippen molar-refractivity contribution < 1.29 is 4.79 Å². The minimum Gasteiger partial charge on any atom is -0.233 e. The van der Waals surface area contributed by atoms with E-state index in [0.29, 0.717) is 6.42 Å². The maximum atomic E-state index is 9.30. The van der Waals surface area contributed by atoms with Crippen molar-refractivity contribution in [2.45, 2.75) is 12.8 Å². The number of rotatable bonds is 2. The molecular weight excluding hydrogens is 76.1 g/mol. The summed E-state index contributed by atoms with van der Waals surface area (Å²) < 4.78 is 0. The fraction of sp³-hybridized carbons (Fsp3) is 0.400. The molecule has 0 aliphatic heterocycles. The lowest BCUT2D eigenvalue weighted by Crippen LogP contribution is -1.59. The molecule has 0 amide bonds. The smallest absolute Gasteiger partial charge is 0.128 e. The molecule has 0 heterocycles. The summed E-state index contributed by atoms with van der Waals surface area (Å²) in [6.07, 6.45) is 3.69. The van der Waals surface area contributed by atoms with Crippen LogP contribution in [0.25, 0.3) is 0 Å². The van der Waals surface area contributed by atoms with E-state index in [2.05, 4.69) is 13.0 Å². The molecule has 1 nitrogen and oxygen atoms in total. The van der Waals surface area contributed by atoms with E-state index >= 15 is 0 Å². The third kappa shape index (κ3) is 3.45. The van der Waals surface area contributed by atoms with E-state index in [0.717, 1.165) is 6.42 Å². The SMILES string of the molecule is [CH2]CC[C]=C=O. The lowest BCUT2D eigenvalue weighted by Gasteiger charge is -1.69. The predicted octanol–water partition coefficient (Wildman–Crippen LogP) is 0.792. The fourth-order valence-corrected chi connectivity index (χ4v) is 0.139. The Balaban J connectivity index is 2.86. The zero-order valence-corrected chi connectivity index (χ0v) is 3.53. The van der Waals surface area contributed by atoms with Crippen LogP contribution < -0.4 is 0 Å². The maximum Gasteiger partial charge on any atom is 0.128 e. The van der Waals surface area contributed by atoms with E-state index in [1.165, 1.54) is 5.94 Å². The van der Waals surface area contributed by atoms with Crippen molar-refractivity contribution >= 4 is 5.94 Å². The van der Waals surface area contributed by atoms with Crippen LogP contribution in [0.4, 0.5) is 0 Å². The topological polar surface area (TPSA) is 17.1 Å². The molecule has 0 atom stereocenters. The molecule has 0 bridgehead atoms. The number of hydrogen-bond donors (Lipinski definition) is 0. The van der Waals surface area contributed by atoms with Crippen LogP contribution in [0.1, 0.15) is 12.8 Å². The van der Waals surface area contributed by atoms with Gasteiger partial charge in [-0.05, 0) is 12.8 Å². The first-order valence-corrected chi connectivity index (χ1v) is 1.81. The van der Waals surface area contributed by atoms with Crippen LogP contribution in [-0.4, -0.2) is 5.94 Å². The molecule has 0 saturated heterocycles. The van der Waals surface area contributed by atoms with Crippen LogP contribution in [-0.2, 0) is 4.79 Å². The number of allylic oxidation sites excluding steroid dienone is 1. The van der Waals surface area contributed by atoms with Crippen LogP contribution in [0.5, 0.6) is 0 Å². The highest BCUT2D eigenvalue weighted by atomic mass is 16.1. The second kappa shape index (κ2) is 4.45. The van der Waals surface area contributed by atoms with Gasteiger partial charge in [0.1, 0.15) is 5.94 Å². The molecule has 0 N–H and O–H groups in total. The molecule has 1 heteroatoms. The Morgan fingerprint density at radius 2 is 2.33 bits per heavy atom. The molecule has 0 saturated carbocycles. The van der Waals surface area contributed by atoms with Gasteiger partial charge in [-0.25, -0.2) is 4.79 Å². The van der Waals surface area contributed by atoms with Gasteiger partial charge in [0, 0.05) is 0 Å². The minimum absolute atomic E-state index is 0.628. The number of unbranched alkanes of at least 4 members (excludes halogenated alkanes) is 1. The normalized spacial score (nSPS) is 6.83. The monoisotopic (exact) mass is 82.0 g/mol. The van der Waals surface area contributed by atoms with Crippen LogP contribution in [0, 0.1) is 13.0 Å². The van der Waals surface area contributed by atoms with Crippen molar-refractivity contribution in [2.24, 2.45) is 0 Å². The third-order valence-electron chi connectivity index (χ3n) is 0.374. The summed E-state index contributed by atoms with van der Waals surface area (Å²) >= 11 is 0. The first-order chi connectivity index (χ1) is 2.91. The van der Waals surface area contributed by atoms with Gasteiger partial charge in [-0.3, -0.25) is 0 Å². The Hall–Kier alpha value is -0.550. The van der Waals surface area contributed by atoms with Crippen LogP contribution >= 0.6 is 0 Å². The van der Waals surface area contributed by atoms with Gasteiger partial charge in [-0.1, -0.05) is 6.92 Å². The second-order valence-electron chi connectivity index (χ2n) is 0.882. The molecular formula is C5H6O. The van der Waals surface area contributed by atoms with E-state index in [1.807, 2.05) is 0 Å². The Morgan fingerprint density at radius 3 is 2.50 bits per heavy atom. The summed E-state index contributed by atoms with van der Waals surface area (Å²) in [6.45, 7) is 3.48. The van der Waals surface area contributed by atoms with Crippen LogP contribution in [0.2, 0.25) is 0 Å². The van der Waals surface area contributed by atoms with Crippen molar-refractivity contribution in [2.75, 3.05) is 0 Å². The van der Waals surface area contributed by atoms with Gasteiger partial charge in [0.2, 0.25) is 0 Å². The summed E-state index contributed by atoms with van der Waals surface area (Å²) in [5.41, 5.74) is 0. The van der Waals surface area contributed by atoms with Gasteiger partial charge in [-0.2, -0.15) is 0 Å². The molecule has 6 heavy (non-hydrogen) atoms. The number of carbonyl (C=O) groups excluding carboxylic acids is 1. The molecule has 2 radical (unpaired) electrons. The lowest BCUT2D eigenvalue weighted by molar-refractivity contribution is 0.567. The van der Waals surface area contributed by atoms with Gasteiger partial charge in [0.15, 0.2) is 0 Å². The third-order valence-corrected chi connectivity index (χ3v) is 0.374. The molecule has 0 fully saturated rings. The highest BCUT2D eigenvalue weighted by Crippen LogP contribution is 1.79. The summed E-state index contributed by atoms with van der Waals surface area (Å²) in [7, 11) is 0. The average Bonchev–Trinajstić information content (AvgIpc) is 1.61. The van der Waals surface area contributed by atoms with Gasteiger partial charge in [0.05, 0.1) is 6.08 Å². The summed E-state index contributed by atoms with van der Waals surface area (Å²) in [5, 5.41) is 0. The molecule has 0 spiro atoms. The van der Waals surface area contributed by atoms with E-state index < -0.39 is 0 Å². The molecule has 0 rings (SSSR count). The van der Waals surface area contributed by atoms with Crippen molar-refractivity contribution in [3.8, 4) is 0 Å². The first kappa shape index (κ1) is 5.45. The van der Waals surface area contributed by atoms with Gasteiger partial charge in [-0.15, -0.1) is 0 Å². The average molecular weight is 82.1 g/mol. The number of hydrogen-bond acceptors (Lipinski definition) is 1. The Morgan fingerprint density at radius 1 is 1.67 bits per heavy atom. The van der Waals surface area contributed by atoms with Gasteiger partial charge in [0.25, 0.3) is 0 Å². The van der Waals surface area contributed by atoms with E-state index in [1.54, 1.807) is 0 Å². The summed E-state index contributed by atoms with van der Waals surface area (Å²) in [5.74, 6) is 1.53. The molecule has 0 aromatic carbocycles. The van der Waals surface area contributed by atoms with Crippen molar-refractivity contribution in [3.63, 3.8) is 0 Å². The zero-order chi connectivity index (χ0) is 4.83. The van der Waals surface area contributed by atoms with E-state index in [-0.39, 0.29) is 0 Å². The van der Waals surface area contributed by atoms with Crippen LogP contribution in [0.3, 0.4) is 0 Å². The van der Waals surface area contributed by atoms with Gasteiger partial charge < -0.3 is 0 Å². The van der Waals surface area contributed by atoms with Gasteiger partial charge >= 0.3 is 0 Å². The molecule has 0 unspecified atom stereocenters. The van der Waals surface area contributed by atoms with Crippen molar-refractivity contribution in [3.05, 3.63) is 13.0 Å². The Kier molecular flexibility index (Phi) is 4.04. The molecule has 0 aromatic rings. The first-order valence-electron chi connectivity index (χ1n) is 1.81. The molecule has 0 aliphatic rings. The quantitative estimate of drug-likeness (QED) is 0.450. The lowest BCUT2D eigenvalue weighted by atomic mass is 10.3. The second-order valence-corrected chi connectivity index (χ2v) is 0.882. The Labute approximate surface area is 37.7 Å².